The monoisotopic (exact) mass is 360 g/mol. The summed E-state index contributed by atoms with van der Waals surface area (Å²) in [4.78, 5) is 46.7. The molecule has 0 radical (unpaired) electrons. The molecule has 0 bridgehead atoms. The Bertz CT molecular complexity index is 712. The van der Waals surface area contributed by atoms with E-state index in [1.54, 1.807) is 19.9 Å². The number of rotatable bonds is 7. The molecule has 7 nitrogen and oxygen atoms in total. The Labute approximate surface area is 152 Å². The topological polar surface area (TPSA) is 102 Å². The lowest BCUT2D eigenvalue weighted by molar-refractivity contribution is -0.148. The second-order valence-corrected chi connectivity index (χ2v) is 6.60. The number of amides is 3. The van der Waals surface area contributed by atoms with E-state index in [4.69, 9.17) is 4.74 Å². The van der Waals surface area contributed by atoms with Crippen molar-refractivity contribution in [3.8, 4) is 0 Å². The number of esters is 1. The first-order valence-corrected chi connectivity index (χ1v) is 8.76. The van der Waals surface area contributed by atoms with Crippen LogP contribution in [0.25, 0.3) is 0 Å². The molecule has 2 rings (SSSR count). The highest BCUT2D eigenvalue weighted by Crippen LogP contribution is 2.23. The molecule has 1 aromatic carbocycles. The lowest BCUT2D eigenvalue weighted by atomic mass is 10.0. The minimum atomic E-state index is -0.721. The molecule has 1 aliphatic rings. The highest BCUT2D eigenvalue weighted by atomic mass is 16.5. The van der Waals surface area contributed by atoms with E-state index in [9.17, 15) is 19.2 Å². The SMILES string of the molecule is CC(C)NC(=O)NC(=O)COC(=O)CCC(=O)c1ccc2c(c1)CCC2. The number of aryl methyl sites for hydroxylation is 2. The standard InChI is InChI=1S/C19H24N2O5/c1-12(2)20-19(25)21-17(23)11-26-18(24)9-8-16(22)15-7-6-13-4-3-5-14(13)10-15/h6-7,10,12H,3-5,8-9,11H2,1-2H3,(H2,20,21,23,25). The van der Waals surface area contributed by atoms with E-state index in [0.717, 1.165) is 19.3 Å². The normalized spacial score (nSPS) is 12.4. The van der Waals surface area contributed by atoms with Crippen LogP contribution >= 0.6 is 0 Å². The number of carbonyl (C=O) groups excluding carboxylic acids is 4. The molecule has 140 valence electrons. The van der Waals surface area contributed by atoms with Crippen molar-refractivity contribution in [1.82, 2.24) is 10.6 Å². The summed E-state index contributed by atoms with van der Waals surface area (Å²) in [5.74, 6) is -1.50. The quantitative estimate of drug-likeness (QED) is 0.571. The van der Waals surface area contributed by atoms with Gasteiger partial charge in [0.25, 0.3) is 5.91 Å². The summed E-state index contributed by atoms with van der Waals surface area (Å²) in [7, 11) is 0. The largest absolute Gasteiger partial charge is 0.456 e. The predicted octanol–water partition coefficient (Wildman–Crippen LogP) is 1.92. The van der Waals surface area contributed by atoms with Crippen molar-refractivity contribution in [2.45, 2.75) is 52.0 Å². The molecule has 0 saturated carbocycles. The van der Waals surface area contributed by atoms with Crippen LogP contribution in [0.15, 0.2) is 18.2 Å². The number of hydrogen-bond acceptors (Lipinski definition) is 5. The van der Waals surface area contributed by atoms with Crippen LogP contribution in [0.2, 0.25) is 0 Å². The molecule has 2 N–H and O–H groups in total. The molecule has 1 aromatic rings. The van der Waals surface area contributed by atoms with E-state index in [1.165, 1.54) is 11.1 Å². The van der Waals surface area contributed by atoms with Gasteiger partial charge in [-0.2, -0.15) is 0 Å². The maximum Gasteiger partial charge on any atom is 0.321 e. The van der Waals surface area contributed by atoms with E-state index in [1.807, 2.05) is 17.4 Å². The van der Waals surface area contributed by atoms with Crippen molar-refractivity contribution in [3.05, 3.63) is 34.9 Å². The van der Waals surface area contributed by atoms with Gasteiger partial charge in [-0.3, -0.25) is 19.7 Å². The maximum absolute atomic E-state index is 12.2. The van der Waals surface area contributed by atoms with Gasteiger partial charge in [-0.25, -0.2) is 4.79 Å². The van der Waals surface area contributed by atoms with E-state index < -0.39 is 24.5 Å². The molecule has 0 fully saturated rings. The first kappa shape index (κ1) is 19.6. The highest BCUT2D eigenvalue weighted by molar-refractivity contribution is 5.98. The molecule has 0 saturated heterocycles. The minimum absolute atomic E-state index is 0.0209. The second kappa shape index (κ2) is 9.12. The number of Topliss-reactive ketones (excluding diaryl/α,β-unsaturated/α-hetero) is 1. The number of nitrogens with one attached hydrogen (secondary N) is 2. The number of benzene rings is 1. The van der Waals surface area contributed by atoms with Crippen molar-refractivity contribution in [3.63, 3.8) is 0 Å². The number of carbonyl (C=O) groups is 4. The number of urea groups is 1. The molecule has 1 aliphatic carbocycles. The van der Waals surface area contributed by atoms with E-state index in [2.05, 4.69) is 5.32 Å². The minimum Gasteiger partial charge on any atom is -0.456 e. The van der Waals surface area contributed by atoms with Crippen LogP contribution in [0.3, 0.4) is 0 Å². The van der Waals surface area contributed by atoms with Gasteiger partial charge in [0.2, 0.25) is 0 Å². The Morgan fingerprint density at radius 1 is 1.08 bits per heavy atom. The van der Waals surface area contributed by atoms with Crippen LogP contribution in [0.4, 0.5) is 4.79 Å². The summed E-state index contributed by atoms with van der Waals surface area (Å²) in [6, 6.07) is 4.90. The van der Waals surface area contributed by atoms with Gasteiger partial charge in [0.15, 0.2) is 12.4 Å². The van der Waals surface area contributed by atoms with Gasteiger partial charge in [-0.05, 0) is 50.3 Å². The molecule has 26 heavy (non-hydrogen) atoms. The molecular weight excluding hydrogens is 336 g/mol. The number of hydrogen-bond donors (Lipinski definition) is 2. The van der Waals surface area contributed by atoms with Crippen LogP contribution in [0.1, 0.15) is 54.6 Å². The maximum atomic E-state index is 12.2. The van der Waals surface area contributed by atoms with Gasteiger partial charge in [-0.1, -0.05) is 12.1 Å². The smallest absolute Gasteiger partial charge is 0.321 e. The Hall–Kier alpha value is -2.70. The fraction of sp³-hybridized carbons (Fsp3) is 0.474. The third kappa shape index (κ3) is 5.98. The average Bonchev–Trinajstić information content (AvgIpc) is 3.04. The summed E-state index contributed by atoms with van der Waals surface area (Å²) in [5.41, 5.74) is 3.09. The third-order valence-corrected chi connectivity index (χ3v) is 4.01. The Balaban J connectivity index is 1.70. The Kier molecular flexibility index (Phi) is 6.89. The van der Waals surface area contributed by atoms with Gasteiger partial charge in [0, 0.05) is 18.0 Å². The van der Waals surface area contributed by atoms with Crippen LogP contribution < -0.4 is 10.6 Å². The zero-order valence-corrected chi connectivity index (χ0v) is 15.1. The van der Waals surface area contributed by atoms with Crippen LogP contribution in [-0.4, -0.2) is 36.3 Å². The summed E-state index contributed by atoms with van der Waals surface area (Å²) in [6.07, 6.45) is 3.05. The lowest BCUT2D eigenvalue weighted by Crippen LogP contribution is -2.44. The number of imide groups is 1. The van der Waals surface area contributed by atoms with Crippen LogP contribution in [0, 0.1) is 0 Å². The van der Waals surface area contributed by atoms with Crippen LogP contribution in [-0.2, 0) is 27.2 Å². The first-order valence-electron chi connectivity index (χ1n) is 8.76. The molecule has 0 spiro atoms. The molecule has 0 aliphatic heterocycles. The third-order valence-electron chi connectivity index (χ3n) is 4.01. The molecule has 0 aromatic heterocycles. The van der Waals surface area contributed by atoms with Crippen molar-refractivity contribution in [2.75, 3.05) is 6.61 Å². The van der Waals surface area contributed by atoms with Gasteiger partial charge < -0.3 is 10.1 Å². The second-order valence-electron chi connectivity index (χ2n) is 6.60. The van der Waals surface area contributed by atoms with Crippen LogP contribution in [0.5, 0.6) is 0 Å². The summed E-state index contributed by atoms with van der Waals surface area (Å²) in [6.45, 7) is 2.95. The van der Waals surface area contributed by atoms with Gasteiger partial charge in [-0.15, -0.1) is 0 Å². The Morgan fingerprint density at radius 3 is 2.54 bits per heavy atom. The fourth-order valence-corrected chi connectivity index (χ4v) is 2.78. The molecule has 0 unspecified atom stereocenters. The van der Waals surface area contributed by atoms with E-state index >= 15 is 0 Å². The lowest BCUT2D eigenvalue weighted by Gasteiger charge is -2.09. The molecule has 3 amide bonds. The van der Waals surface area contributed by atoms with Crippen molar-refractivity contribution in [1.29, 1.82) is 0 Å². The summed E-state index contributed by atoms with van der Waals surface area (Å²) >= 11 is 0. The molecule has 0 heterocycles. The van der Waals surface area contributed by atoms with E-state index in [-0.39, 0.29) is 24.7 Å². The Morgan fingerprint density at radius 2 is 1.81 bits per heavy atom. The summed E-state index contributed by atoms with van der Waals surface area (Å²) < 4.78 is 4.79. The zero-order chi connectivity index (χ0) is 19.1. The first-order chi connectivity index (χ1) is 12.3. The zero-order valence-electron chi connectivity index (χ0n) is 15.1. The van der Waals surface area contributed by atoms with Crippen molar-refractivity contribution >= 4 is 23.7 Å². The molecule has 7 heteroatoms. The summed E-state index contributed by atoms with van der Waals surface area (Å²) in [5, 5.41) is 4.53. The number of ether oxygens (including phenoxy) is 1. The highest BCUT2D eigenvalue weighted by Gasteiger charge is 2.16. The van der Waals surface area contributed by atoms with Crippen molar-refractivity contribution < 1.29 is 23.9 Å². The number of fused-ring (bicyclic) bond motifs is 1. The number of ketones is 1. The molecular formula is C19H24N2O5. The average molecular weight is 360 g/mol. The van der Waals surface area contributed by atoms with Crippen molar-refractivity contribution in [2.24, 2.45) is 0 Å². The van der Waals surface area contributed by atoms with Gasteiger partial charge in [0.05, 0.1) is 6.42 Å². The predicted molar refractivity (Wildman–Crippen MR) is 94.8 cm³/mol. The fourth-order valence-electron chi connectivity index (χ4n) is 2.78. The van der Waals surface area contributed by atoms with E-state index in [0.29, 0.717) is 5.56 Å². The van der Waals surface area contributed by atoms with Gasteiger partial charge in [0.1, 0.15) is 0 Å². The molecule has 0 atom stereocenters. The van der Waals surface area contributed by atoms with Gasteiger partial charge >= 0.3 is 12.0 Å².